The summed E-state index contributed by atoms with van der Waals surface area (Å²) in [7, 11) is 0. The van der Waals surface area contributed by atoms with E-state index < -0.39 is 0 Å². The molecule has 92 valence electrons. The van der Waals surface area contributed by atoms with Gasteiger partial charge in [-0.1, -0.05) is 19.4 Å². The molecule has 1 aliphatic rings. The predicted octanol–water partition coefficient (Wildman–Crippen LogP) is 2.26. The zero-order valence-electron chi connectivity index (χ0n) is 10.0. The summed E-state index contributed by atoms with van der Waals surface area (Å²) in [6.45, 7) is 2.88. The van der Waals surface area contributed by atoms with Gasteiger partial charge in [-0.15, -0.1) is 11.8 Å². The summed E-state index contributed by atoms with van der Waals surface area (Å²) < 4.78 is 0. The van der Waals surface area contributed by atoms with E-state index in [0.717, 1.165) is 23.4 Å². The Balaban J connectivity index is 2.15. The highest BCUT2D eigenvalue weighted by atomic mass is 32.2. The third-order valence-corrected chi connectivity index (χ3v) is 4.19. The number of nitrogens with one attached hydrogen (secondary N) is 1. The maximum Gasteiger partial charge on any atom is 0.234 e. The van der Waals surface area contributed by atoms with Crippen LogP contribution in [0.3, 0.4) is 0 Å². The van der Waals surface area contributed by atoms with Crippen LogP contribution < -0.4 is 11.1 Å². The first-order valence-electron chi connectivity index (χ1n) is 5.98. The first-order valence-corrected chi connectivity index (χ1v) is 6.97. The van der Waals surface area contributed by atoms with Gasteiger partial charge in [0.2, 0.25) is 5.91 Å². The Hall–Kier alpha value is -1.000. The second-order valence-electron chi connectivity index (χ2n) is 4.38. The van der Waals surface area contributed by atoms with Gasteiger partial charge < -0.3 is 11.1 Å². The van der Waals surface area contributed by atoms with E-state index >= 15 is 0 Å². The van der Waals surface area contributed by atoms with E-state index in [4.69, 9.17) is 5.73 Å². The molecule has 1 heterocycles. The van der Waals surface area contributed by atoms with Gasteiger partial charge in [0.25, 0.3) is 0 Å². The van der Waals surface area contributed by atoms with E-state index in [1.54, 1.807) is 11.8 Å². The highest BCUT2D eigenvalue weighted by Gasteiger charge is 2.16. The smallest absolute Gasteiger partial charge is 0.234 e. The summed E-state index contributed by atoms with van der Waals surface area (Å²) in [5, 5.41) is 2.92. The molecule has 1 aromatic carbocycles. The van der Waals surface area contributed by atoms with E-state index in [0.29, 0.717) is 18.2 Å². The van der Waals surface area contributed by atoms with Crippen LogP contribution >= 0.6 is 11.8 Å². The Morgan fingerprint density at radius 1 is 1.53 bits per heavy atom. The molecule has 17 heavy (non-hydrogen) atoms. The molecule has 1 aromatic rings. The zero-order valence-corrected chi connectivity index (χ0v) is 10.8. The standard InChI is InChI=1S/C13H18N2OS/c1-2-9(7-14)5-10-3-4-12-11(6-10)15-13(16)8-17-12/h3-4,6,9H,2,5,7-8,14H2,1H3,(H,15,16). The molecular weight excluding hydrogens is 232 g/mol. The molecule has 0 fully saturated rings. The van der Waals surface area contributed by atoms with Gasteiger partial charge >= 0.3 is 0 Å². The number of benzene rings is 1. The predicted molar refractivity (Wildman–Crippen MR) is 72.3 cm³/mol. The molecule has 1 aliphatic heterocycles. The molecule has 0 saturated carbocycles. The van der Waals surface area contributed by atoms with Crippen molar-refractivity contribution in [3.8, 4) is 0 Å². The molecule has 1 atom stereocenters. The summed E-state index contributed by atoms with van der Waals surface area (Å²) >= 11 is 1.60. The maximum absolute atomic E-state index is 11.3. The van der Waals surface area contributed by atoms with Crippen molar-refractivity contribution in [1.29, 1.82) is 0 Å². The van der Waals surface area contributed by atoms with Gasteiger partial charge in [-0.05, 0) is 36.6 Å². The molecule has 0 aliphatic carbocycles. The molecule has 0 bridgehead atoms. The summed E-state index contributed by atoms with van der Waals surface area (Å²) in [5.74, 6) is 1.14. The van der Waals surface area contributed by atoms with Crippen molar-refractivity contribution in [2.75, 3.05) is 17.6 Å². The second kappa shape index (κ2) is 5.56. The topological polar surface area (TPSA) is 55.1 Å². The van der Waals surface area contributed by atoms with Crippen LogP contribution in [0.4, 0.5) is 5.69 Å². The monoisotopic (exact) mass is 250 g/mol. The Morgan fingerprint density at radius 2 is 2.35 bits per heavy atom. The molecule has 0 radical (unpaired) electrons. The summed E-state index contributed by atoms with van der Waals surface area (Å²) in [6, 6.07) is 6.32. The number of nitrogens with two attached hydrogens (primary N) is 1. The Bertz CT molecular complexity index is 416. The molecule has 4 heteroatoms. The SMILES string of the molecule is CCC(CN)Cc1ccc2c(c1)NC(=O)CS2. The van der Waals surface area contributed by atoms with Gasteiger partial charge in [0.15, 0.2) is 0 Å². The van der Waals surface area contributed by atoms with Crippen LogP contribution in [0.25, 0.3) is 0 Å². The van der Waals surface area contributed by atoms with Gasteiger partial charge in [0.1, 0.15) is 0 Å². The minimum absolute atomic E-state index is 0.0884. The zero-order chi connectivity index (χ0) is 12.3. The van der Waals surface area contributed by atoms with Crippen LogP contribution in [-0.4, -0.2) is 18.2 Å². The molecule has 0 aromatic heterocycles. The molecule has 0 spiro atoms. The average Bonchev–Trinajstić information content (AvgIpc) is 2.35. The number of anilines is 1. The van der Waals surface area contributed by atoms with E-state index in [9.17, 15) is 4.79 Å². The average molecular weight is 250 g/mol. The van der Waals surface area contributed by atoms with Crippen molar-refractivity contribution < 1.29 is 4.79 Å². The molecule has 2 rings (SSSR count). The lowest BCUT2D eigenvalue weighted by Crippen LogP contribution is -2.19. The molecule has 3 N–H and O–H groups in total. The first kappa shape index (κ1) is 12.5. The van der Waals surface area contributed by atoms with Gasteiger partial charge in [-0.25, -0.2) is 0 Å². The lowest BCUT2D eigenvalue weighted by Gasteiger charge is -2.18. The lowest BCUT2D eigenvalue weighted by molar-refractivity contribution is -0.113. The normalized spacial score (nSPS) is 16.2. The minimum atomic E-state index is 0.0884. The Morgan fingerprint density at radius 3 is 3.06 bits per heavy atom. The van der Waals surface area contributed by atoms with Crippen molar-refractivity contribution in [1.82, 2.24) is 0 Å². The largest absolute Gasteiger partial charge is 0.330 e. The van der Waals surface area contributed by atoms with Crippen molar-refractivity contribution in [2.45, 2.75) is 24.7 Å². The van der Waals surface area contributed by atoms with E-state index in [2.05, 4.69) is 30.4 Å². The van der Waals surface area contributed by atoms with Gasteiger partial charge in [-0.2, -0.15) is 0 Å². The van der Waals surface area contributed by atoms with Crippen LogP contribution in [0.5, 0.6) is 0 Å². The minimum Gasteiger partial charge on any atom is -0.330 e. The van der Waals surface area contributed by atoms with Gasteiger partial charge in [0, 0.05) is 4.90 Å². The van der Waals surface area contributed by atoms with Crippen molar-refractivity contribution in [2.24, 2.45) is 11.7 Å². The van der Waals surface area contributed by atoms with E-state index in [-0.39, 0.29) is 5.91 Å². The fraction of sp³-hybridized carbons (Fsp3) is 0.462. The van der Waals surface area contributed by atoms with Gasteiger partial charge in [-0.3, -0.25) is 4.79 Å². The Labute approximate surface area is 106 Å². The maximum atomic E-state index is 11.3. The quantitative estimate of drug-likeness (QED) is 0.862. The number of carbonyl (C=O) groups excluding carboxylic acids is 1. The number of carbonyl (C=O) groups is 1. The van der Waals surface area contributed by atoms with Crippen LogP contribution in [-0.2, 0) is 11.2 Å². The third kappa shape index (κ3) is 3.01. The summed E-state index contributed by atoms with van der Waals surface area (Å²) in [4.78, 5) is 12.5. The summed E-state index contributed by atoms with van der Waals surface area (Å²) in [5.41, 5.74) is 7.92. The van der Waals surface area contributed by atoms with Crippen molar-refractivity contribution in [3.05, 3.63) is 23.8 Å². The van der Waals surface area contributed by atoms with Crippen LogP contribution in [0, 0.1) is 5.92 Å². The molecule has 0 saturated heterocycles. The highest BCUT2D eigenvalue weighted by molar-refractivity contribution is 8.00. The van der Waals surface area contributed by atoms with Crippen LogP contribution in [0.15, 0.2) is 23.1 Å². The fourth-order valence-corrected chi connectivity index (χ4v) is 2.77. The second-order valence-corrected chi connectivity index (χ2v) is 5.40. The van der Waals surface area contributed by atoms with Crippen molar-refractivity contribution >= 4 is 23.4 Å². The summed E-state index contributed by atoms with van der Waals surface area (Å²) in [6.07, 6.45) is 2.08. The Kier molecular flexibility index (Phi) is 4.07. The molecule has 1 amide bonds. The number of thioether (sulfide) groups is 1. The number of amides is 1. The molecular formula is C13H18N2OS. The van der Waals surface area contributed by atoms with Crippen LogP contribution in [0.1, 0.15) is 18.9 Å². The fourth-order valence-electron chi connectivity index (χ4n) is 1.98. The lowest BCUT2D eigenvalue weighted by atomic mass is 9.97. The molecule has 1 unspecified atom stereocenters. The number of hydrogen-bond acceptors (Lipinski definition) is 3. The van der Waals surface area contributed by atoms with Crippen LogP contribution in [0.2, 0.25) is 0 Å². The first-order chi connectivity index (χ1) is 8.22. The van der Waals surface area contributed by atoms with E-state index in [1.165, 1.54) is 5.56 Å². The van der Waals surface area contributed by atoms with E-state index in [1.807, 2.05) is 0 Å². The number of rotatable bonds is 4. The number of fused-ring (bicyclic) bond motifs is 1. The molecule has 3 nitrogen and oxygen atoms in total. The third-order valence-electron chi connectivity index (χ3n) is 3.11. The highest BCUT2D eigenvalue weighted by Crippen LogP contribution is 2.32. The van der Waals surface area contributed by atoms with Crippen molar-refractivity contribution in [3.63, 3.8) is 0 Å². The number of hydrogen-bond donors (Lipinski definition) is 2. The van der Waals surface area contributed by atoms with Gasteiger partial charge in [0.05, 0.1) is 11.4 Å².